The van der Waals surface area contributed by atoms with Crippen molar-refractivity contribution in [3.8, 4) is 0 Å². The summed E-state index contributed by atoms with van der Waals surface area (Å²) < 4.78 is 65.6. The van der Waals surface area contributed by atoms with Gasteiger partial charge in [-0.3, -0.25) is 14.6 Å². The molecule has 3 amide bonds. The maximum atomic E-state index is 13.8. The minimum Gasteiger partial charge on any atom is -0.296 e. The van der Waals surface area contributed by atoms with Gasteiger partial charge in [-0.15, -0.1) is 0 Å². The number of carbonyl (C=O) groups is 2. The number of rotatable bonds is 3. The van der Waals surface area contributed by atoms with E-state index in [0.29, 0.717) is 4.90 Å². The largest absolute Gasteiger partial charge is 0.446 e. The number of alkyl halides is 3. The summed E-state index contributed by atoms with van der Waals surface area (Å²) in [6.45, 7) is 0. The number of imide groups is 1. The number of halogens is 5. The van der Waals surface area contributed by atoms with Gasteiger partial charge >= 0.3 is 11.5 Å². The molecule has 0 atom stereocenters. The molecule has 4 nitrogen and oxygen atoms in total. The lowest BCUT2D eigenvalue weighted by atomic mass is 10.1. The molecule has 0 aliphatic carbocycles. The summed E-state index contributed by atoms with van der Waals surface area (Å²) in [4.78, 5) is 25.7. The quantitative estimate of drug-likeness (QED) is 0.540. The molecule has 0 aliphatic rings. The Kier molecular flexibility index (Phi) is 6.09. The van der Waals surface area contributed by atoms with Gasteiger partial charge in [0.05, 0.1) is 5.69 Å². The van der Waals surface area contributed by atoms with Gasteiger partial charge in [-0.25, -0.2) is 13.6 Å². The van der Waals surface area contributed by atoms with Crippen molar-refractivity contribution in [2.24, 2.45) is 0 Å². The van der Waals surface area contributed by atoms with Crippen LogP contribution in [0.1, 0.15) is 10.4 Å². The Bertz CT molecular complexity index is 852. The van der Waals surface area contributed by atoms with Crippen LogP contribution in [-0.4, -0.2) is 36.4 Å². The van der Waals surface area contributed by atoms with Crippen molar-refractivity contribution in [1.82, 2.24) is 4.90 Å². The zero-order valence-electron chi connectivity index (χ0n) is 14.1. The van der Waals surface area contributed by atoms with Crippen molar-refractivity contribution in [2.45, 2.75) is 10.4 Å². The second-order valence-electron chi connectivity index (χ2n) is 5.32. The molecule has 0 heterocycles. The summed E-state index contributed by atoms with van der Waals surface area (Å²) in [6.07, 6.45) is 0. The van der Waals surface area contributed by atoms with Crippen molar-refractivity contribution in [3.05, 3.63) is 59.7 Å². The normalized spacial score (nSPS) is 11.2. The first-order valence-corrected chi connectivity index (χ1v) is 8.19. The lowest BCUT2D eigenvalue weighted by Gasteiger charge is -2.25. The van der Waals surface area contributed by atoms with Gasteiger partial charge in [-0.1, -0.05) is 18.2 Å². The summed E-state index contributed by atoms with van der Waals surface area (Å²) in [5, 5.41) is 0. The van der Waals surface area contributed by atoms with Crippen LogP contribution in [0.3, 0.4) is 0 Å². The van der Waals surface area contributed by atoms with Crippen LogP contribution in [0, 0.1) is 11.6 Å². The third-order valence-corrected chi connectivity index (χ3v) is 4.30. The lowest BCUT2D eigenvalue weighted by Crippen LogP contribution is -2.43. The first kappa shape index (κ1) is 20.7. The van der Waals surface area contributed by atoms with Crippen LogP contribution in [0.2, 0.25) is 0 Å². The number of hydrogen-bond acceptors (Lipinski definition) is 3. The first-order chi connectivity index (χ1) is 12.5. The van der Waals surface area contributed by atoms with Crippen LogP contribution in [-0.2, 0) is 0 Å². The molecule has 0 radical (unpaired) electrons. The molecule has 144 valence electrons. The molecule has 0 aromatic heterocycles. The summed E-state index contributed by atoms with van der Waals surface area (Å²) in [5.41, 5.74) is -5.63. The Labute approximate surface area is 155 Å². The number of amides is 3. The van der Waals surface area contributed by atoms with Gasteiger partial charge in [-0.2, -0.15) is 13.2 Å². The van der Waals surface area contributed by atoms with E-state index in [9.17, 15) is 31.5 Å². The molecule has 2 rings (SSSR count). The number of urea groups is 1. The molecular formula is C17H13F5N2O2S. The predicted molar refractivity (Wildman–Crippen MR) is 90.6 cm³/mol. The number of para-hydroxylation sites is 1. The van der Waals surface area contributed by atoms with Gasteiger partial charge < -0.3 is 0 Å². The van der Waals surface area contributed by atoms with Gasteiger partial charge in [0, 0.05) is 19.0 Å². The second-order valence-corrected chi connectivity index (χ2v) is 6.42. The van der Waals surface area contributed by atoms with E-state index in [1.807, 2.05) is 0 Å². The van der Waals surface area contributed by atoms with Crippen molar-refractivity contribution >= 4 is 29.4 Å². The van der Waals surface area contributed by atoms with Gasteiger partial charge in [0.25, 0.3) is 5.91 Å². The molecule has 10 heteroatoms. The van der Waals surface area contributed by atoms with E-state index < -0.39 is 46.4 Å². The number of benzene rings is 2. The van der Waals surface area contributed by atoms with Crippen LogP contribution in [0.15, 0.2) is 47.4 Å². The van der Waals surface area contributed by atoms with E-state index in [1.165, 1.54) is 18.2 Å². The van der Waals surface area contributed by atoms with Gasteiger partial charge in [0.2, 0.25) is 0 Å². The highest BCUT2D eigenvalue weighted by Crippen LogP contribution is 2.41. The molecule has 27 heavy (non-hydrogen) atoms. The van der Waals surface area contributed by atoms with Crippen molar-refractivity contribution < 1.29 is 31.5 Å². The fourth-order valence-corrected chi connectivity index (χ4v) is 2.94. The average molecular weight is 404 g/mol. The monoisotopic (exact) mass is 404 g/mol. The molecule has 0 saturated heterocycles. The fourth-order valence-electron chi connectivity index (χ4n) is 2.23. The zero-order chi connectivity index (χ0) is 20.4. The van der Waals surface area contributed by atoms with Crippen LogP contribution in [0.4, 0.5) is 32.4 Å². The van der Waals surface area contributed by atoms with Crippen molar-refractivity contribution in [2.75, 3.05) is 19.0 Å². The molecule has 0 bridgehead atoms. The highest BCUT2D eigenvalue weighted by molar-refractivity contribution is 8.00. The van der Waals surface area contributed by atoms with E-state index in [2.05, 4.69) is 0 Å². The van der Waals surface area contributed by atoms with Crippen molar-refractivity contribution in [1.29, 1.82) is 0 Å². The molecule has 0 saturated carbocycles. The molecule has 0 fully saturated rings. The maximum absolute atomic E-state index is 13.8. The molecule has 0 spiro atoms. The van der Waals surface area contributed by atoms with E-state index in [1.54, 1.807) is 0 Å². The molecular weight excluding hydrogens is 391 g/mol. The van der Waals surface area contributed by atoms with E-state index in [4.69, 9.17) is 0 Å². The number of thioether (sulfide) groups is 1. The summed E-state index contributed by atoms with van der Waals surface area (Å²) in [7, 11) is 2.13. The Morgan fingerprint density at radius 3 is 2.04 bits per heavy atom. The number of carbonyl (C=O) groups excluding carboxylic acids is 2. The number of nitrogens with zero attached hydrogens (tertiary/aromatic N) is 2. The second kappa shape index (κ2) is 7.95. The zero-order valence-corrected chi connectivity index (χ0v) is 14.9. The maximum Gasteiger partial charge on any atom is 0.446 e. The lowest BCUT2D eigenvalue weighted by molar-refractivity contribution is -0.0328. The Morgan fingerprint density at radius 2 is 1.48 bits per heavy atom. The molecule has 2 aromatic carbocycles. The van der Waals surface area contributed by atoms with Crippen LogP contribution in [0.25, 0.3) is 0 Å². The molecule has 0 unspecified atom stereocenters. The van der Waals surface area contributed by atoms with E-state index in [0.717, 1.165) is 43.3 Å². The van der Waals surface area contributed by atoms with Crippen LogP contribution >= 0.6 is 11.8 Å². The number of hydrogen-bond donors (Lipinski definition) is 0. The standard InChI is InChI=1S/C17H13F5N2O2S/c1-23(12-8-3-4-9-13(12)27-17(20,21)22)16(26)24(2)15(25)14-10(18)6-5-7-11(14)19/h3-9H,1-2H3. The third kappa shape index (κ3) is 4.76. The van der Waals surface area contributed by atoms with Crippen LogP contribution in [0.5, 0.6) is 0 Å². The predicted octanol–water partition coefficient (Wildman–Crippen LogP) is 4.91. The first-order valence-electron chi connectivity index (χ1n) is 7.37. The van der Waals surface area contributed by atoms with Crippen molar-refractivity contribution in [3.63, 3.8) is 0 Å². The fraction of sp³-hybridized carbons (Fsp3) is 0.176. The molecule has 0 N–H and O–H groups in total. The number of anilines is 1. The van der Waals surface area contributed by atoms with Crippen LogP contribution < -0.4 is 4.90 Å². The van der Waals surface area contributed by atoms with E-state index in [-0.39, 0.29) is 10.6 Å². The smallest absolute Gasteiger partial charge is 0.296 e. The summed E-state index contributed by atoms with van der Waals surface area (Å²) in [6, 6.07) is 6.90. The SMILES string of the molecule is CN(C(=O)c1c(F)cccc1F)C(=O)N(C)c1ccccc1SC(F)(F)F. The minimum atomic E-state index is -4.59. The minimum absolute atomic E-state index is 0.113. The average Bonchev–Trinajstić information content (AvgIpc) is 2.58. The van der Waals surface area contributed by atoms with Gasteiger partial charge in [0.1, 0.15) is 17.2 Å². The van der Waals surface area contributed by atoms with Gasteiger partial charge in [-0.05, 0) is 36.0 Å². The summed E-state index contributed by atoms with van der Waals surface area (Å²) >= 11 is -0.423. The topological polar surface area (TPSA) is 40.6 Å². The van der Waals surface area contributed by atoms with E-state index >= 15 is 0 Å². The Morgan fingerprint density at radius 1 is 0.926 bits per heavy atom. The highest BCUT2D eigenvalue weighted by atomic mass is 32.2. The highest BCUT2D eigenvalue weighted by Gasteiger charge is 2.33. The molecule has 2 aromatic rings. The third-order valence-electron chi connectivity index (χ3n) is 3.51. The molecule has 0 aliphatic heterocycles. The Balaban J connectivity index is 2.31. The summed E-state index contributed by atoms with van der Waals surface area (Å²) in [5.74, 6) is -3.57. The van der Waals surface area contributed by atoms with Gasteiger partial charge in [0.15, 0.2) is 0 Å². The Hall–Kier alpha value is -2.62.